The van der Waals surface area contributed by atoms with E-state index in [2.05, 4.69) is 10.1 Å². The molecule has 1 heterocycles. The molecule has 0 spiro atoms. The molecular formula is C26H22ClN3O5. The van der Waals surface area contributed by atoms with Gasteiger partial charge in [-0.15, -0.1) is 0 Å². The van der Waals surface area contributed by atoms with Crippen molar-refractivity contribution in [2.24, 2.45) is 5.10 Å². The number of benzene rings is 3. The van der Waals surface area contributed by atoms with E-state index in [9.17, 15) is 9.59 Å². The summed E-state index contributed by atoms with van der Waals surface area (Å²) in [5.41, 5.74) is 1.56. The van der Waals surface area contributed by atoms with Crippen LogP contribution in [0.5, 0.6) is 11.5 Å². The van der Waals surface area contributed by atoms with Gasteiger partial charge in [-0.2, -0.15) is 9.78 Å². The van der Waals surface area contributed by atoms with E-state index >= 15 is 0 Å². The third-order valence-corrected chi connectivity index (χ3v) is 5.28. The number of esters is 1. The minimum absolute atomic E-state index is 0.203. The number of halogens is 1. The number of nitrogens with zero attached hydrogens (tertiary/aromatic N) is 3. The molecule has 0 amide bonds. The first-order chi connectivity index (χ1) is 17.0. The van der Waals surface area contributed by atoms with E-state index in [1.165, 1.54) is 18.0 Å². The van der Waals surface area contributed by atoms with Gasteiger partial charge >= 0.3 is 5.97 Å². The highest BCUT2D eigenvalue weighted by Gasteiger charge is 2.15. The average molecular weight is 492 g/mol. The summed E-state index contributed by atoms with van der Waals surface area (Å²) < 4.78 is 17.0. The van der Waals surface area contributed by atoms with Gasteiger partial charge in [0.2, 0.25) is 0 Å². The first-order valence-corrected chi connectivity index (χ1v) is 11.2. The number of aromatic nitrogens is 2. The van der Waals surface area contributed by atoms with Crippen LogP contribution in [0.25, 0.3) is 22.3 Å². The number of ether oxygens (including phenoxy) is 3. The molecule has 8 nitrogen and oxygen atoms in total. The van der Waals surface area contributed by atoms with Crippen LogP contribution in [-0.4, -0.2) is 42.2 Å². The summed E-state index contributed by atoms with van der Waals surface area (Å²) in [6.45, 7) is 1.64. The number of carbonyl (C=O) groups excluding carboxylic acids is 1. The van der Waals surface area contributed by atoms with Crippen molar-refractivity contribution in [2.45, 2.75) is 6.92 Å². The molecule has 4 aromatic rings. The molecule has 0 fully saturated rings. The molecule has 9 heteroatoms. The van der Waals surface area contributed by atoms with Crippen molar-refractivity contribution >= 4 is 34.7 Å². The molecule has 0 saturated heterocycles. The Morgan fingerprint density at radius 2 is 1.86 bits per heavy atom. The number of rotatable bonds is 8. The third-order valence-electron chi connectivity index (χ3n) is 5.00. The van der Waals surface area contributed by atoms with Crippen molar-refractivity contribution in [3.05, 3.63) is 87.7 Å². The fraction of sp³-hybridized carbons (Fsp3) is 0.154. The van der Waals surface area contributed by atoms with Crippen molar-refractivity contribution in [3.8, 4) is 22.9 Å². The van der Waals surface area contributed by atoms with Crippen molar-refractivity contribution in [1.82, 2.24) is 9.66 Å². The van der Waals surface area contributed by atoms with Crippen LogP contribution in [0, 0.1) is 0 Å². The van der Waals surface area contributed by atoms with Gasteiger partial charge in [0.15, 0.2) is 23.9 Å². The van der Waals surface area contributed by atoms with Crippen molar-refractivity contribution in [2.75, 3.05) is 20.3 Å². The standard InChI is InChI=1S/C26H22ClN3O5/c1-3-34-23(31)16-35-24-20(27)13-17(14-22(24)33-2)15-28-30-25(18-9-5-4-6-10-18)29-21-12-8-7-11-19(21)26(30)32/h4-15H,3,16H2,1-2H3. The molecule has 4 rings (SSSR count). The molecule has 0 N–H and O–H groups in total. The van der Waals surface area contributed by atoms with Crippen LogP contribution in [0.1, 0.15) is 12.5 Å². The fourth-order valence-corrected chi connectivity index (χ4v) is 3.69. The summed E-state index contributed by atoms with van der Waals surface area (Å²) >= 11 is 6.39. The molecule has 0 aliphatic heterocycles. The molecule has 178 valence electrons. The number of carbonyl (C=O) groups is 1. The summed E-state index contributed by atoms with van der Waals surface area (Å²) in [6.07, 6.45) is 1.48. The van der Waals surface area contributed by atoms with E-state index < -0.39 is 5.97 Å². The largest absolute Gasteiger partial charge is 0.493 e. The summed E-state index contributed by atoms with van der Waals surface area (Å²) in [5, 5.41) is 5.09. The third kappa shape index (κ3) is 5.33. The van der Waals surface area contributed by atoms with Gasteiger partial charge < -0.3 is 14.2 Å². The van der Waals surface area contributed by atoms with E-state index in [1.54, 1.807) is 37.3 Å². The summed E-state index contributed by atoms with van der Waals surface area (Å²) in [5.74, 6) is 0.385. The van der Waals surface area contributed by atoms with Gasteiger partial charge in [-0.25, -0.2) is 9.78 Å². The van der Waals surface area contributed by atoms with Crippen LogP contribution in [0.2, 0.25) is 5.02 Å². The normalized spacial score (nSPS) is 11.1. The van der Waals surface area contributed by atoms with E-state index in [0.717, 1.165) is 5.56 Å². The van der Waals surface area contributed by atoms with Crippen LogP contribution in [0.4, 0.5) is 0 Å². The lowest BCUT2D eigenvalue weighted by Crippen LogP contribution is -2.20. The number of para-hydroxylation sites is 1. The van der Waals surface area contributed by atoms with E-state index in [-0.39, 0.29) is 29.5 Å². The monoisotopic (exact) mass is 491 g/mol. The maximum absolute atomic E-state index is 13.3. The molecule has 0 aliphatic rings. The quantitative estimate of drug-likeness (QED) is 0.265. The SMILES string of the molecule is CCOC(=O)COc1c(Cl)cc(C=Nn2c(-c3ccccc3)nc3ccccc3c2=O)cc1OC. The van der Waals surface area contributed by atoms with Crippen LogP contribution in [-0.2, 0) is 9.53 Å². The number of hydrogen-bond donors (Lipinski definition) is 0. The van der Waals surface area contributed by atoms with Gasteiger partial charge in [-0.05, 0) is 36.8 Å². The lowest BCUT2D eigenvalue weighted by atomic mass is 10.2. The van der Waals surface area contributed by atoms with E-state index in [0.29, 0.717) is 28.0 Å². The molecule has 0 unspecified atom stereocenters. The maximum Gasteiger partial charge on any atom is 0.344 e. The number of hydrogen-bond acceptors (Lipinski definition) is 7. The van der Waals surface area contributed by atoms with E-state index in [1.807, 2.05) is 36.4 Å². The molecule has 0 bridgehead atoms. The maximum atomic E-state index is 13.3. The molecule has 0 saturated carbocycles. The smallest absolute Gasteiger partial charge is 0.344 e. The Balaban J connectivity index is 1.74. The molecule has 0 atom stereocenters. The first-order valence-electron chi connectivity index (χ1n) is 10.8. The van der Waals surface area contributed by atoms with Crippen LogP contribution >= 0.6 is 11.6 Å². The zero-order valence-corrected chi connectivity index (χ0v) is 19.9. The number of fused-ring (bicyclic) bond motifs is 1. The highest BCUT2D eigenvalue weighted by atomic mass is 35.5. The summed E-state index contributed by atoms with van der Waals surface area (Å²) in [4.78, 5) is 29.6. The topological polar surface area (TPSA) is 92.0 Å². The van der Waals surface area contributed by atoms with Crippen LogP contribution in [0.15, 0.2) is 76.6 Å². The highest BCUT2D eigenvalue weighted by molar-refractivity contribution is 6.32. The predicted octanol–water partition coefficient (Wildman–Crippen LogP) is 4.55. The second-order valence-corrected chi connectivity index (χ2v) is 7.72. The van der Waals surface area contributed by atoms with Gasteiger partial charge in [0, 0.05) is 5.56 Å². The average Bonchev–Trinajstić information content (AvgIpc) is 2.87. The van der Waals surface area contributed by atoms with Crippen LogP contribution in [0.3, 0.4) is 0 Å². The molecule has 0 radical (unpaired) electrons. The molecule has 3 aromatic carbocycles. The fourth-order valence-electron chi connectivity index (χ4n) is 3.42. The second kappa shape index (κ2) is 10.8. The highest BCUT2D eigenvalue weighted by Crippen LogP contribution is 2.36. The molecular weight excluding hydrogens is 470 g/mol. The first kappa shape index (κ1) is 24.0. The van der Waals surface area contributed by atoms with E-state index in [4.69, 9.17) is 25.8 Å². The summed E-state index contributed by atoms with van der Waals surface area (Å²) in [6, 6.07) is 19.7. The zero-order valence-electron chi connectivity index (χ0n) is 19.1. The Kier molecular flexibility index (Phi) is 7.42. The lowest BCUT2D eigenvalue weighted by Gasteiger charge is -2.13. The van der Waals surface area contributed by atoms with Crippen molar-refractivity contribution < 1.29 is 19.0 Å². The van der Waals surface area contributed by atoms with Gasteiger partial charge in [-0.3, -0.25) is 4.79 Å². The van der Waals surface area contributed by atoms with Gasteiger partial charge in [0.25, 0.3) is 5.56 Å². The van der Waals surface area contributed by atoms with Gasteiger partial charge in [0.05, 0.1) is 35.9 Å². The molecule has 1 aromatic heterocycles. The molecule has 35 heavy (non-hydrogen) atoms. The summed E-state index contributed by atoms with van der Waals surface area (Å²) in [7, 11) is 1.45. The second-order valence-electron chi connectivity index (χ2n) is 7.31. The van der Waals surface area contributed by atoms with Gasteiger partial charge in [-0.1, -0.05) is 54.1 Å². The Morgan fingerprint density at radius 1 is 1.11 bits per heavy atom. The van der Waals surface area contributed by atoms with Crippen molar-refractivity contribution in [1.29, 1.82) is 0 Å². The minimum atomic E-state index is -0.520. The Bertz CT molecular complexity index is 1450. The number of methoxy groups -OCH3 is 1. The van der Waals surface area contributed by atoms with Crippen molar-refractivity contribution in [3.63, 3.8) is 0 Å². The molecule has 0 aliphatic carbocycles. The Hall–Kier alpha value is -4.17. The van der Waals surface area contributed by atoms with Crippen LogP contribution < -0.4 is 15.0 Å². The van der Waals surface area contributed by atoms with Gasteiger partial charge in [0.1, 0.15) is 0 Å². The Labute approximate surface area is 206 Å². The Morgan fingerprint density at radius 3 is 2.60 bits per heavy atom. The lowest BCUT2D eigenvalue weighted by molar-refractivity contribution is -0.145. The minimum Gasteiger partial charge on any atom is -0.493 e. The predicted molar refractivity (Wildman–Crippen MR) is 135 cm³/mol. The zero-order chi connectivity index (χ0) is 24.8.